The van der Waals surface area contributed by atoms with E-state index in [4.69, 9.17) is 21.6 Å². The summed E-state index contributed by atoms with van der Waals surface area (Å²) in [5.74, 6) is -1.62. The number of halogens is 1. The van der Waals surface area contributed by atoms with Crippen LogP contribution >= 0.6 is 22.9 Å². The van der Waals surface area contributed by atoms with Crippen molar-refractivity contribution in [2.45, 2.75) is 104 Å². The highest BCUT2D eigenvalue weighted by Crippen LogP contribution is 2.32. The van der Waals surface area contributed by atoms with Crippen LogP contribution < -0.4 is 16.0 Å². The van der Waals surface area contributed by atoms with Crippen LogP contribution in [0.1, 0.15) is 83.0 Å². The number of likely N-dealkylation sites (tertiary alicyclic amines) is 1. The normalized spacial score (nSPS) is 17.1. The van der Waals surface area contributed by atoms with Crippen molar-refractivity contribution in [2.75, 3.05) is 26.3 Å². The number of hydrogen-bond donors (Lipinski definition) is 4. The fourth-order valence-corrected chi connectivity index (χ4v) is 9.22. The third kappa shape index (κ3) is 15.7. The molecule has 0 spiro atoms. The summed E-state index contributed by atoms with van der Waals surface area (Å²) in [4.78, 5) is 60.9. The smallest absolute Gasteiger partial charge is 0.246 e. The van der Waals surface area contributed by atoms with Crippen LogP contribution in [0.4, 0.5) is 0 Å². The quantitative estimate of drug-likeness (QED) is 0.0371. The second-order valence-corrected chi connectivity index (χ2v) is 20.2. The number of ketones is 1. The predicted molar refractivity (Wildman–Crippen MR) is 277 cm³/mol. The highest BCUT2D eigenvalue weighted by Gasteiger charge is 2.44. The number of nitriles is 1. The fraction of sp³-hybridized carbons (Fsp3) is 0.426. The molecule has 1 aliphatic heterocycles. The predicted octanol–water partition coefficient (Wildman–Crippen LogP) is 8.33. The number of carbonyl (C=O) groups excluding carboxylic acids is 4. The summed E-state index contributed by atoms with van der Waals surface area (Å²) in [6, 6.07) is 15.3. The number of carbonyl (C=O) groups is 4. The maximum Gasteiger partial charge on any atom is 0.246 e. The number of Topliss-reactive ketones (excluding diaryl/α,β-unsaturated/α-hetero) is 1. The number of benzene rings is 2. The Morgan fingerprint density at radius 1 is 1.04 bits per heavy atom. The van der Waals surface area contributed by atoms with E-state index in [2.05, 4.69) is 45.3 Å². The maximum atomic E-state index is 14.1. The third-order valence-electron chi connectivity index (χ3n) is 12.2. The van der Waals surface area contributed by atoms with E-state index in [0.29, 0.717) is 42.2 Å². The van der Waals surface area contributed by atoms with Gasteiger partial charge >= 0.3 is 0 Å². The van der Waals surface area contributed by atoms with E-state index < -0.39 is 41.3 Å². The van der Waals surface area contributed by atoms with Crippen molar-refractivity contribution in [1.82, 2.24) is 35.6 Å². The van der Waals surface area contributed by atoms with E-state index in [1.54, 1.807) is 40.3 Å². The average Bonchev–Trinajstić information content (AvgIpc) is 4.09. The van der Waals surface area contributed by atoms with Gasteiger partial charge in [0.15, 0.2) is 5.78 Å². The number of β-amino-alcohol motifs (C(OH)–C–C–N with tert-alkyl or cyclic N) is 1. The van der Waals surface area contributed by atoms with Gasteiger partial charge in [0, 0.05) is 43.7 Å². The van der Waals surface area contributed by atoms with Gasteiger partial charge in [0.05, 0.1) is 63.6 Å². The van der Waals surface area contributed by atoms with Gasteiger partial charge in [0.25, 0.3) is 0 Å². The first-order chi connectivity index (χ1) is 33.4. The number of hydrogen-bond acceptors (Lipinski definition) is 11. The molecule has 16 heteroatoms. The molecule has 3 unspecified atom stereocenters. The zero-order chi connectivity index (χ0) is 51.0. The third-order valence-corrected chi connectivity index (χ3v) is 13.5. The van der Waals surface area contributed by atoms with E-state index in [0.717, 1.165) is 27.3 Å². The number of aliphatic hydroxyl groups is 1. The summed E-state index contributed by atoms with van der Waals surface area (Å²) >= 11 is 7.79. The molecule has 14 nitrogen and oxygen atoms in total. The summed E-state index contributed by atoms with van der Waals surface area (Å²) in [6.07, 6.45) is 13.7. The number of aryl methyl sites for hydroxylation is 1. The Bertz CT molecular complexity index is 2540. The molecular weight excluding hydrogens is 924 g/mol. The molecule has 70 heavy (non-hydrogen) atoms. The van der Waals surface area contributed by atoms with Crippen molar-refractivity contribution in [3.63, 3.8) is 0 Å². The van der Waals surface area contributed by atoms with Gasteiger partial charge in [-0.25, -0.2) is 4.98 Å². The Hall–Kier alpha value is -6.18. The average molecular weight is 992 g/mol. The molecule has 0 aliphatic carbocycles. The zero-order valence-electron chi connectivity index (χ0n) is 41.1. The highest BCUT2D eigenvalue weighted by molar-refractivity contribution is 7.13. The Balaban J connectivity index is 0.995. The first-order valence-electron chi connectivity index (χ1n) is 23.6. The van der Waals surface area contributed by atoms with Gasteiger partial charge in [0.1, 0.15) is 18.7 Å². The molecule has 2 aromatic carbocycles. The second kappa shape index (κ2) is 26.1. The maximum absolute atomic E-state index is 14.1. The SMILES string of the molecule is C=CC(/C=C/CC(C=C)C(=O)N[C@@H](C)Cn1ccc(-c2ccc(C#N)c(Cl)c2)n1)C/C=C/NCCOCC(=O)N[C@H](C(=O)N1C[C@H](O)CC1C(=O)C[C@@H](C)c1ccc(-c2scnc2C)cc1)C(C)(C)C. The lowest BCUT2D eigenvalue weighted by molar-refractivity contribution is -0.144. The van der Waals surface area contributed by atoms with E-state index in [-0.39, 0.29) is 62.2 Å². The van der Waals surface area contributed by atoms with Gasteiger partial charge in [-0.2, -0.15) is 10.4 Å². The Morgan fingerprint density at radius 3 is 2.44 bits per heavy atom. The van der Waals surface area contributed by atoms with Crippen molar-refractivity contribution in [3.8, 4) is 27.8 Å². The monoisotopic (exact) mass is 990 g/mol. The summed E-state index contributed by atoms with van der Waals surface area (Å²) in [7, 11) is 0. The van der Waals surface area contributed by atoms with Crippen LogP contribution in [0.2, 0.25) is 5.02 Å². The summed E-state index contributed by atoms with van der Waals surface area (Å²) < 4.78 is 7.39. The Kier molecular flexibility index (Phi) is 20.5. The molecule has 372 valence electrons. The molecule has 0 saturated carbocycles. The molecule has 2 aromatic heterocycles. The molecule has 3 heterocycles. The molecule has 5 rings (SSSR count). The lowest BCUT2D eigenvalue weighted by atomic mass is 9.85. The summed E-state index contributed by atoms with van der Waals surface area (Å²) in [5.41, 5.74) is 6.09. The molecule has 1 aliphatic rings. The van der Waals surface area contributed by atoms with Crippen LogP contribution in [0.3, 0.4) is 0 Å². The Morgan fingerprint density at radius 2 is 1.79 bits per heavy atom. The number of amides is 3. The highest BCUT2D eigenvalue weighted by atomic mass is 35.5. The molecule has 0 radical (unpaired) electrons. The number of aromatic nitrogens is 3. The van der Waals surface area contributed by atoms with Crippen molar-refractivity contribution in [2.24, 2.45) is 17.3 Å². The van der Waals surface area contributed by atoms with Crippen LogP contribution in [-0.2, 0) is 30.5 Å². The molecule has 7 atom stereocenters. The molecule has 3 amide bonds. The summed E-state index contributed by atoms with van der Waals surface area (Å²) in [5, 5.41) is 33.8. The number of aliphatic hydroxyl groups excluding tert-OH is 1. The standard InChI is InChI=1S/C54H67ClN8O6S/c1-9-38(13-11-15-39(10-2)52(67)59-36(4)31-62-25-22-46(61-62)42-20-21-43(30-56)45(55)28-42)14-12-23-57-24-26-69-33-49(66)60-51(54(6,7)8)53(68)63-32-44(64)29-47(63)48(65)27-35(3)40-16-18-41(19-17-40)50-37(5)58-34-70-50/h9-13,16-23,25,28,34-36,38-39,44,47,51,57,64H,1-2,14-15,24,26-27,29,31-33H2,3-8H3,(H,59,67)(H,60,66)/b13-11+,23-12+/t35-,36+,38?,39?,44-,47?,51-/m1/s1. The van der Waals surface area contributed by atoms with E-state index in [1.807, 2.05) is 114 Å². The van der Waals surface area contributed by atoms with Crippen molar-refractivity contribution in [3.05, 3.63) is 132 Å². The molecule has 1 fully saturated rings. The van der Waals surface area contributed by atoms with Crippen LogP contribution in [0.15, 0.2) is 110 Å². The first kappa shape index (κ1) is 54.8. The number of thiazole rings is 1. The van der Waals surface area contributed by atoms with Crippen LogP contribution in [0, 0.1) is 35.5 Å². The van der Waals surface area contributed by atoms with Crippen molar-refractivity contribution < 1.29 is 29.0 Å². The number of ether oxygens (including phenoxy) is 1. The first-order valence-corrected chi connectivity index (χ1v) is 24.9. The number of rotatable bonds is 25. The minimum absolute atomic E-state index is 0.0143. The zero-order valence-corrected chi connectivity index (χ0v) is 42.6. The van der Waals surface area contributed by atoms with Crippen LogP contribution in [-0.4, -0.2) is 98.8 Å². The largest absolute Gasteiger partial charge is 0.391 e. The summed E-state index contributed by atoms with van der Waals surface area (Å²) in [6.45, 7) is 20.1. The lowest BCUT2D eigenvalue weighted by Gasteiger charge is -2.35. The van der Waals surface area contributed by atoms with Gasteiger partial charge in [0.2, 0.25) is 17.7 Å². The van der Waals surface area contributed by atoms with Gasteiger partial charge in [-0.05, 0) is 79.5 Å². The van der Waals surface area contributed by atoms with E-state index >= 15 is 0 Å². The minimum Gasteiger partial charge on any atom is -0.391 e. The molecule has 4 aromatic rings. The van der Waals surface area contributed by atoms with Crippen LogP contribution in [0.25, 0.3) is 21.7 Å². The van der Waals surface area contributed by atoms with Crippen molar-refractivity contribution in [1.29, 1.82) is 5.26 Å². The number of allylic oxidation sites excluding steroid dienone is 4. The van der Waals surface area contributed by atoms with Gasteiger partial charge in [-0.1, -0.05) is 100 Å². The van der Waals surface area contributed by atoms with Gasteiger partial charge in [-0.15, -0.1) is 24.5 Å². The second-order valence-electron chi connectivity index (χ2n) is 18.9. The number of nitrogens with zero attached hydrogens (tertiary/aromatic N) is 5. The molecule has 4 N–H and O–H groups in total. The van der Waals surface area contributed by atoms with E-state index in [1.165, 1.54) is 4.90 Å². The lowest BCUT2D eigenvalue weighted by Crippen LogP contribution is -2.57. The molecular formula is C54H67ClN8O6S. The van der Waals surface area contributed by atoms with Crippen molar-refractivity contribution >= 4 is 46.4 Å². The Labute approximate surface area is 421 Å². The van der Waals surface area contributed by atoms with Gasteiger partial charge in [-0.3, -0.25) is 23.9 Å². The van der Waals surface area contributed by atoms with Gasteiger partial charge < -0.3 is 30.7 Å². The molecule has 0 bridgehead atoms. The van der Waals surface area contributed by atoms with E-state index in [9.17, 15) is 24.3 Å². The number of nitrogens with one attached hydrogen (secondary N) is 3. The fourth-order valence-electron chi connectivity index (χ4n) is 8.19. The minimum atomic E-state index is -0.946. The molecule has 1 saturated heterocycles. The van der Waals surface area contributed by atoms with Crippen LogP contribution in [0.5, 0.6) is 0 Å². The topological polar surface area (TPSA) is 192 Å².